The molecule has 20 heavy (non-hydrogen) atoms. The molecule has 0 radical (unpaired) electrons. The van der Waals surface area contributed by atoms with Gasteiger partial charge in [-0.1, -0.05) is 24.3 Å². The Labute approximate surface area is 116 Å². The molecule has 2 aromatic carbocycles. The molecule has 0 bridgehead atoms. The topological polar surface area (TPSA) is 55.2 Å². The van der Waals surface area contributed by atoms with Crippen LogP contribution in [-0.4, -0.2) is 15.1 Å². The van der Waals surface area contributed by atoms with Gasteiger partial charge in [0.15, 0.2) is 11.5 Å². The van der Waals surface area contributed by atoms with Gasteiger partial charge in [0.05, 0.1) is 22.4 Å². The van der Waals surface area contributed by atoms with E-state index in [-0.39, 0.29) is 12.4 Å². The van der Waals surface area contributed by atoms with E-state index < -0.39 is 0 Å². The molecule has 4 nitrogen and oxygen atoms in total. The zero-order chi connectivity index (χ0) is 13.9. The van der Waals surface area contributed by atoms with E-state index in [1.54, 1.807) is 18.2 Å². The Morgan fingerprint density at radius 2 is 1.60 bits per heavy atom. The predicted octanol–water partition coefficient (Wildman–Crippen LogP) is 3.22. The smallest absolute Gasteiger partial charge is 0.161 e. The number of hydrogen-bond donors (Lipinski definition) is 1. The van der Waals surface area contributed by atoms with Crippen LogP contribution < -0.4 is 4.74 Å². The van der Waals surface area contributed by atoms with Gasteiger partial charge in [-0.2, -0.15) is 0 Å². The second-order valence-corrected chi connectivity index (χ2v) is 4.50. The number of aromatic hydroxyl groups is 1. The van der Waals surface area contributed by atoms with Crippen molar-refractivity contribution in [2.45, 2.75) is 13.5 Å². The molecule has 0 atom stereocenters. The van der Waals surface area contributed by atoms with E-state index in [0.717, 1.165) is 22.4 Å². The second-order valence-electron chi connectivity index (χ2n) is 4.50. The summed E-state index contributed by atoms with van der Waals surface area (Å²) in [4.78, 5) is 9.06. The van der Waals surface area contributed by atoms with Crippen LogP contribution in [0.15, 0.2) is 48.5 Å². The molecule has 0 aliphatic heterocycles. The van der Waals surface area contributed by atoms with Gasteiger partial charge in [0, 0.05) is 0 Å². The lowest BCUT2D eigenvalue weighted by Gasteiger charge is -2.09. The van der Waals surface area contributed by atoms with Crippen molar-refractivity contribution in [3.8, 4) is 11.5 Å². The summed E-state index contributed by atoms with van der Waals surface area (Å²) in [5.74, 6) is 0.570. The van der Waals surface area contributed by atoms with Crippen molar-refractivity contribution in [1.82, 2.24) is 9.97 Å². The maximum atomic E-state index is 9.67. The van der Waals surface area contributed by atoms with Crippen LogP contribution in [0.1, 0.15) is 11.4 Å². The summed E-state index contributed by atoms with van der Waals surface area (Å²) in [6.07, 6.45) is 0. The third-order valence-corrected chi connectivity index (χ3v) is 3.07. The molecular formula is C16H14N2O2. The van der Waals surface area contributed by atoms with Gasteiger partial charge in [-0.15, -0.1) is 0 Å². The van der Waals surface area contributed by atoms with Crippen LogP contribution >= 0.6 is 0 Å². The minimum absolute atomic E-state index is 0.124. The van der Waals surface area contributed by atoms with Crippen molar-refractivity contribution < 1.29 is 9.84 Å². The van der Waals surface area contributed by atoms with E-state index in [4.69, 9.17) is 4.74 Å². The molecule has 0 amide bonds. The highest BCUT2D eigenvalue weighted by molar-refractivity contribution is 5.74. The number of benzene rings is 2. The minimum Gasteiger partial charge on any atom is -0.504 e. The summed E-state index contributed by atoms with van der Waals surface area (Å²) in [6, 6.07) is 14.6. The first-order valence-corrected chi connectivity index (χ1v) is 6.37. The zero-order valence-electron chi connectivity index (χ0n) is 11.1. The number of hydrogen-bond acceptors (Lipinski definition) is 4. The van der Waals surface area contributed by atoms with Crippen molar-refractivity contribution in [3.63, 3.8) is 0 Å². The Hall–Kier alpha value is -2.62. The lowest BCUT2D eigenvalue weighted by atomic mass is 10.2. The molecule has 0 saturated heterocycles. The van der Waals surface area contributed by atoms with Crippen LogP contribution in [-0.2, 0) is 6.61 Å². The van der Waals surface area contributed by atoms with E-state index in [1.165, 1.54) is 0 Å². The van der Waals surface area contributed by atoms with Crippen LogP contribution in [0.25, 0.3) is 11.0 Å². The Bertz CT molecular complexity index is 756. The SMILES string of the molecule is Cc1nc2ccccc2nc1COc1ccccc1O. The molecule has 1 N–H and O–H groups in total. The minimum atomic E-state index is 0.124. The standard InChI is InChI=1S/C16H14N2O2/c1-11-14(10-20-16-9-5-4-8-15(16)19)18-13-7-3-2-6-12(13)17-11/h2-9,19H,10H2,1H3. The summed E-state index contributed by atoms with van der Waals surface area (Å²) >= 11 is 0. The van der Waals surface area contributed by atoms with Gasteiger partial charge in [-0.05, 0) is 31.2 Å². The van der Waals surface area contributed by atoms with Gasteiger partial charge in [0.1, 0.15) is 6.61 Å². The molecule has 100 valence electrons. The number of aryl methyl sites for hydroxylation is 1. The first-order valence-electron chi connectivity index (χ1n) is 6.37. The van der Waals surface area contributed by atoms with Gasteiger partial charge in [0.25, 0.3) is 0 Å². The molecule has 3 aromatic rings. The molecule has 4 heteroatoms. The van der Waals surface area contributed by atoms with E-state index in [2.05, 4.69) is 9.97 Å². The molecule has 1 heterocycles. The highest BCUT2D eigenvalue weighted by Crippen LogP contribution is 2.25. The molecule has 3 rings (SSSR count). The Morgan fingerprint density at radius 1 is 0.950 bits per heavy atom. The average Bonchev–Trinajstić information content (AvgIpc) is 2.46. The van der Waals surface area contributed by atoms with Crippen LogP contribution in [0, 0.1) is 6.92 Å². The summed E-state index contributed by atoms with van der Waals surface area (Å²) in [7, 11) is 0. The van der Waals surface area contributed by atoms with Gasteiger partial charge in [-0.3, -0.25) is 0 Å². The number of aromatic nitrogens is 2. The lowest BCUT2D eigenvalue weighted by molar-refractivity contribution is 0.284. The molecule has 0 saturated carbocycles. The number of rotatable bonds is 3. The molecule has 0 aliphatic rings. The van der Waals surface area contributed by atoms with E-state index >= 15 is 0 Å². The quantitative estimate of drug-likeness (QED) is 0.790. The molecule has 1 aromatic heterocycles. The largest absolute Gasteiger partial charge is 0.504 e. The first-order chi connectivity index (χ1) is 9.74. The number of ether oxygens (including phenoxy) is 1. The zero-order valence-corrected chi connectivity index (χ0v) is 11.1. The highest BCUT2D eigenvalue weighted by atomic mass is 16.5. The lowest BCUT2D eigenvalue weighted by Crippen LogP contribution is -2.03. The van der Waals surface area contributed by atoms with Crippen molar-refractivity contribution in [3.05, 3.63) is 59.9 Å². The fourth-order valence-corrected chi connectivity index (χ4v) is 1.99. The first kappa shape index (κ1) is 12.4. The van der Waals surface area contributed by atoms with E-state index in [9.17, 15) is 5.11 Å². The summed E-state index contributed by atoms with van der Waals surface area (Å²) in [5, 5.41) is 9.67. The number of nitrogens with zero attached hydrogens (tertiary/aromatic N) is 2. The van der Waals surface area contributed by atoms with Crippen LogP contribution in [0.5, 0.6) is 11.5 Å². The molecule has 0 aliphatic carbocycles. The monoisotopic (exact) mass is 266 g/mol. The van der Waals surface area contributed by atoms with Crippen molar-refractivity contribution in [2.24, 2.45) is 0 Å². The van der Waals surface area contributed by atoms with Crippen LogP contribution in [0.4, 0.5) is 0 Å². The predicted molar refractivity (Wildman–Crippen MR) is 76.7 cm³/mol. The Morgan fingerprint density at radius 3 is 2.35 bits per heavy atom. The summed E-state index contributed by atoms with van der Waals surface area (Å²) < 4.78 is 5.60. The highest BCUT2D eigenvalue weighted by Gasteiger charge is 2.07. The van der Waals surface area contributed by atoms with Crippen molar-refractivity contribution in [1.29, 1.82) is 0 Å². The van der Waals surface area contributed by atoms with Gasteiger partial charge >= 0.3 is 0 Å². The van der Waals surface area contributed by atoms with Gasteiger partial charge < -0.3 is 9.84 Å². The molecular weight excluding hydrogens is 252 g/mol. The van der Waals surface area contributed by atoms with Crippen molar-refractivity contribution >= 4 is 11.0 Å². The third kappa shape index (κ3) is 2.40. The molecule has 0 unspecified atom stereocenters. The molecule has 0 spiro atoms. The Balaban J connectivity index is 1.87. The fraction of sp³-hybridized carbons (Fsp3) is 0.125. The van der Waals surface area contributed by atoms with Gasteiger partial charge in [0.2, 0.25) is 0 Å². The third-order valence-electron chi connectivity index (χ3n) is 3.07. The van der Waals surface area contributed by atoms with Crippen LogP contribution in [0.3, 0.4) is 0 Å². The number of phenols is 1. The summed E-state index contributed by atoms with van der Waals surface area (Å²) in [6.45, 7) is 2.18. The second kappa shape index (κ2) is 5.17. The maximum absolute atomic E-state index is 9.67. The number of fused-ring (bicyclic) bond motifs is 1. The number of para-hydroxylation sites is 4. The fourth-order valence-electron chi connectivity index (χ4n) is 1.99. The van der Waals surface area contributed by atoms with E-state index in [0.29, 0.717) is 5.75 Å². The number of phenolic OH excluding ortho intramolecular Hbond substituents is 1. The van der Waals surface area contributed by atoms with E-state index in [1.807, 2.05) is 37.3 Å². The molecule has 0 fully saturated rings. The summed E-state index contributed by atoms with van der Waals surface area (Å²) in [5.41, 5.74) is 3.32. The van der Waals surface area contributed by atoms with Crippen molar-refractivity contribution in [2.75, 3.05) is 0 Å². The normalized spacial score (nSPS) is 10.7. The Kier molecular flexibility index (Phi) is 3.21. The van der Waals surface area contributed by atoms with Gasteiger partial charge in [-0.25, -0.2) is 9.97 Å². The average molecular weight is 266 g/mol. The van der Waals surface area contributed by atoms with Crippen LogP contribution in [0.2, 0.25) is 0 Å². The maximum Gasteiger partial charge on any atom is 0.161 e.